The molecule has 3 heterocycles. The Morgan fingerprint density at radius 1 is 1.58 bits per heavy atom. The zero-order chi connectivity index (χ0) is 13.4. The topological polar surface area (TPSA) is 66.5 Å². The van der Waals surface area contributed by atoms with E-state index in [9.17, 15) is 4.79 Å². The molecule has 19 heavy (non-hydrogen) atoms. The molecule has 0 aromatic carbocycles. The number of carbonyl (C=O) groups is 1. The number of amides is 1. The Balaban J connectivity index is 1.86. The molecule has 1 aromatic rings. The number of nitrogens with one attached hydrogen (secondary N) is 2. The van der Waals surface area contributed by atoms with Crippen molar-refractivity contribution in [2.75, 3.05) is 32.0 Å². The van der Waals surface area contributed by atoms with E-state index in [0.717, 1.165) is 24.1 Å². The van der Waals surface area contributed by atoms with Crippen molar-refractivity contribution >= 4 is 27.7 Å². The van der Waals surface area contributed by atoms with Gasteiger partial charge >= 0.3 is 0 Å². The lowest BCUT2D eigenvalue weighted by Crippen LogP contribution is -2.60. The van der Waals surface area contributed by atoms with E-state index in [-0.39, 0.29) is 11.9 Å². The van der Waals surface area contributed by atoms with Gasteiger partial charge in [0.2, 0.25) is 0 Å². The Labute approximate surface area is 119 Å². The van der Waals surface area contributed by atoms with Gasteiger partial charge in [0.15, 0.2) is 17.7 Å². The highest BCUT2D eigenvalue weighted by Crippen LogP contribution is 2.31. The Hall–Kier alpha value is -1.18. The fourth-order valence-electron chi connectivity index (χ4n) is 2.40. The molecule has 2 aliphatic rings. The predicted octanol–water partition coefficient (Wildman–Crippen LogP) is 0.447. The van der Waals surface area contributed by atoms with E-state index >= 15 is 0 Å². The quantitative estimate of drug-likeness (QED) is 0.784. The molecule has 1 aromatic heterocycles. The van der Waals surface area contributed by atoms with Gasteiger partial charge in [0.05, 0.1) is 6.04 Å². The van der Waals surface area contributed by atoms with E-state index in [1.165, 1.54) is 0 Å². The molecule has 0 spiro atoms. The summed E-state index contributed by atoms with van der Waals surface area (Å²) in [5, 5.41) is 6.10. The molecule has 1 saturated heterocycles. The first-order chi connectivity index (χ1) is 9.15. The van der Waals surface area contributed by atoms with E-state index in [4.69, 9.17) is 4.74 Å². The number of carbonyl (C=O) groups excluding carboxylic acids is 1. The number of piperazine rings is 1. The smallest absolute Gasteiger partial charge is 0.268 e. The van der Waals surface area contributed by atoms with Crippen molar-refractivity contribution in [3.63, 3.8) is 0 Å². The summed E-state index contributed by atoms with van der Waals surface area (Å²) in [6, 6.07) is 1.85. The number of likely N-dealkylation sites (N-methyl/N-ethyl adjacent to an activating group) is 1. The molecule has 2 aliphatic heterocycles. The summed E-state index contributed by atoms with van der Waals surface area (Å²) in [6.07, 6.45) is 1.12. The van der Waals surface area contributed by atoms with Gasteiger partial charge in [-0.25, -0.2) is 4.98 Å². The van der Waals surface area contributed by atoms with Crippen LogP contribution >= 0.6 is 15.9 Å². The highest BCUT2D eigenvalue weighted by atomic mass is 79.9. The third-order valence-electron chi connectivity index (χ3n) is 3.48. The molecular weight excluding hydrogens is 312 g/mol. The first-order valence-corrected chi connectivity index (χ1v) is 6.98. The zero-order valence-corrected chi connectivity index (χ0v) is 12.1. The lowest BCUT2D eigenvalue weighted by molar-refractivity contribution is -0.126. The van der Waals surface area contributed by atoms with Crippen molar-refractivity contribution in [2.24, 2.45) is 0 Å². The third-order valence-corrected chi connectivity index (χ3v) is 3.92. The minimum atomic E-state index is -0.513. The van der Waals surface area contributed by atoms with Crippen molar-refractivity contribution in [1.29, 1.82) is 0 Å². The predicted molar refractivity (Wildman–Crippen MR) is 74.3 cm³/mol. The van der Waals surface area contributed by atoms with Crippen LogP contribution in [-0.2, 0) is 4.79 Å². The monoisotopic (exact) mass is 326 g/mol. The van der Waals surface area contributed by atoms with Gasteiger partial charge in [0.1, 0.15) is 0 Å². The first-order valence-electron chi connectivity index (χ1n) is 6.19. The number of hydrogen-bond acceptors (Lipinski definition) is 5. The second-order valence-corrected chi connectivity index (χ2v) is 5.70. The molecule has 1 amide bonds. The average molecular weight is 327 g/mol. The van der Waals surface area contributed by atoms with Gasteiger partial charge in [-0.1, -0.05) is 0 Å². The molecule has 7 heteroatoms. The number of rotatable bonds is 1. The Kier molecular flexibility index (Phi) is 3.42. The summed E-state index contributed by atoms with van der Waals surface area (Å²) >= 11 is 3.36. The second-order valence-electron chi connectivity index (χ2n) is 4.78. The number of nitrogens with zero attached hydrogens (tertiary/aromatic N) is 2. The minimum Gasteiger partial charge on any atom is -0.475 e. The summed E-state index contributed by atoms with van der Waals surface area (Å²) in [4.78, 5) is 18.4. The van der Waals surface area contributed by atoms with Crippen LogP contribution in [0.15, 0.2) is 16.7 Å². The number of hydrogen-bond donors (Lipinski definition) is 2. The van der Waals surface area contributed by atoms with Gasteiger partial charge in [0, 0.05) is 30.3 Å². The molecule has 1 fully saturated rings. The van der Waals surface area contributed by atoms with Crippen LogP contribution in [0.3, 0.4) is 0 Å². The van der Waals surface area contributed by atoms with Crippen molar-refractivity contribution in [2.45, 2.75) is 12.1 Å². The number of anilines is 1. The molecule has 0 bridgehead atoms. The van der Waals surface area contributed by atoms with Gasteiger partial charge in [-0.05, 0) is 29.0 Å². The van der Waals surface area contributed by atoms with Crippen molar-refractivity contribution in [3.05, 3.63) is 16.7 Å². The summed E-state index contributed by atoms with van der Waals surface area (Å²) in [5.41, 5.74) is 0. The maximum absolute atomic E-state index is 12.1. The van der Waals surface area contributed by atoms with E-state index < -0.39 is 6.10 Å². The summed E-state index contributed by atoms with van der Waals surface area (Å²) in [7, 11) is 2.01. The largest absolute Gasteiger partial charge is 0.475 e. The molecule has 6 nitrogen and oxygen atoms in total. The van der Waals surface area contributed by atoms with E-state index in [1.807, 2.05) is 13.1 Å². The van der Waals surface area contributed by atoms with Gasteiger partial charge in [0.25, 0.3) is 5.91 Å². The van der Waals surface area contributed by atoms with Crippen LogP contribution in [0, 0.1) is 0 Å². The number of pyridine rings is 1. The highest BCUT2D eigenvalue weighted by Gasteiger charge is 2.38. The number of fused-ring (bicyclic) bond motifs is 1. The molecule has 0 aliphatic carbocycles. The van der Waals surface area contributed by atoms with Crippen LogP contribution in [0.5, 0.6) is 5.75 Å². The lowest BCUT2D eigenvalue weighted by atomic mass is 10.1. The second kappa shape index (κ2) is 5.07. The molecular formula is C12H15BrN4O2. The fourth-order valence-corrected chi connectivity index (χ4v) is 2.71. The molecule has 102 valence electrons. The fraction of sp³-hybridized carbons (Fsp3) is 0.500. The normalized spacial score (nSPS) is 27.4. The molecule has 0 saturated carbocycles. The van der Waals surface area contributed by atoms with Gasteiger partial charge in [-0.2, -0.15) is 0 Å². The third kappa shape index (κ3) is 2.45. The van der Waals surface area contributed by atoms with Crippen molar-refractivity contribution in [1.82, 2.24) is 15.2 Å². The van der Waals surface area contributed by atoms with Crippen molar-refractivity contribution < 1.29 is 9.53 Å². The summed E-state index contributed by atoms with van der Waals surface area (Å²) in [6.45, 7) is 2.58. The molecule has 0 radical (unpaired) electrons. The van der Waals surface area contributed by atoms with E-state index in [2.05, 4.69) is 36.4 Å². The SMILES string of the molecule is CN1CCNCC1C1Oc2cc(Br)cnc2NC1=O. The molecule has 2 unspecified atom stereocenters. The van der Waals surface area contributed by atoms with Gasteiger partial charge in [-0.15, -0.1) is 0 Å². The standard InChI is InChI=1S/C12H15BrN4O2/c1-17-3-2-14-6-8(17)10-12(18)16-11-9(19-10)4-7(13)5-15-11/h4-5,8,10,14H,2-3,6H2,1H3,(H,15,16,18). The highest BCUT2D eigenvalue weighted by molar-refractivity contribution is 9.10. The van der Waals surface area contributed by atoms with Crippen LogP contribution in [0.4, 0.5) is 5.82 Å². The van der Waals surface area contributed by atoms with Crippen LogP contribution in [0.25, 0.3) is 0 Å². The Morgan fingerprint density at radius 2 is 2.42 bits per heavy atom. The first kappa shape index (κ1) is 12.8. The molecule has 2 N–H and O–H groups in total. The van der Waals surface area contributed by atoms with E-state index in [1.54, 1.807) is 6.20 Å². The lowest BCUT2D eigenvalue weighted by Gasteiger charge is -2.39. The van der Waals surface area contributed by atoms with Crippen LogP contribution in [-0.4, -0.2) is 54.6 Å². The summed E-state index contributed by atoms with van der Waals surface area (Å²) < 4.78 is 6.68. The Bertz CT molecular complexity index is 511. The summed E-state index contributed by atoms with van der Waals surface area (Å²) in [5.74, 6) is 0.955. The van der Waals surface area contributed by atoms with Crippen LogP contribution in [0.1, 0.15) is 0 Å². The average Bonchev–Trinajstić information content (AvgIpc) is 2.39. The van der Waals surface area contributed by atoms with Crippen LogP contribution < -0.4 is 15.4 Å². The van der Waals surface area contributed by atoms with Gasteiger partial charge < -0.3 is 15.4 Å². The maximum atomic E-state index is 12.1. The van der Waals surface area contributed by atoms with Gasteiger partial charge in [-0.3, -0.25) is 9.69 Å². The molecule has 3 rings (SSSR count). The van der Waals surface area contributed by atoms with E-state index in [0.29, 0.717) is 11.6 Å². The van der Waals surface area contributed by atoms with Crippen LogP contribution in [0.2, 0.25) is 0 Å². The number of ether oxygens (including phenoxy) is 1. The number of halogens is 1. The Morgan fingerprint density at radius 3 is 3.21 bits per heavy atom. The molecule has 2 atom stereocenters. The minimum absolute atomic E-state index is 0.0286. The maximum Gasteiger partial charge on any atom is 0.268 e. The van der Waals surface area contributed by atoms with Crippen molar-refractivity contribution in [3.8, 4) is 5.75 Å². The zero-order valence-electron chi connectivity index (χ0n) is 10.5. The number of aromatic nitrogens is 1.